The van der Waals surface area contributed by atoms with Gasteiger partial charge >= 0.3 is 0 Å². The third-order valence-corrected chi connectivity index (χ3v) is 7.30. The number of rotatable bonds is 7. The predicted molar refractivity (Wildman–Crippen MR) is 89.1 cm³/mol. The molecule has 0 spiro atoms. The highest BCUT2D eigenvalue weighted by Crippen LogP contribution is 2.59. The third-order valence-electron chi connectivity index (χ3n) is 5.60. The van der Waals surface area contributed by atoms with E-state index in [9.17, 15) is 5.11 Å². The Kier molecular flexibility index (Phi) is 5.34. The zero-order valence-electron chi connectivity index (χ0n) is 14.2. The molecule has 1 N–H and O–H groups in total. The van der Waals surface area contributed by atoms with Crippen molar-refractivity contribution in [1.29, 1.82) is 0 Å². The monoisotopic (exact) mass is 312 g/mol. The number of aliphatic hydroxyl groups excluding tert-OH is 1. The third kappa shape index (κ3) is 3.61. The van der Waals surface area contributed by atoms with Crippen LogP contribution in [0.5, 0.6) is 0 Å². The molecule has 0 aromatic carbocycles. The second-order valence-corrected chi connectivity index (χ2v) is 13.8. The van der Waals surface area contributed by atoms with Crippen molar-refractivity contribution >= 4 is 8.07 Å². The Bertz CT molecular complexity index is 377. The van der Waals surface area contributed by atoms with Gasteiger partial charge in [-0.1, -0.05) is 38.7 Å². The summed E-state index contributed by atoms with van der Waals surface area (Å²) in [5, 5.41) is 9.90. The minimum Gasteiger partial charge on any atom is -0.395 e. The molecule has 0 unspecified atom stereocenters. The Morgan fingerprint density at radius 3 is 2.71 bits per heavy atom. The maximum atomic E-state index is 9.90. The molecule has 122 valence electrons. The average Bonchev–Trinajstić information content (AvgIpc) is 2.71. The van der Waals surface area contributed by atoms with Gasteiger partial charge in [-0.2, -0.15) is 0 Å². The number of ether oxygens (including phenoxy) is 2. The standard InChI is InChI=1S/C17H32O3Si/c1-16-8-5-6-9-17(16,13-18)10-7-15(16)20-14-19-11-12-21(2,3)4/h6,9,15,18H,5,7-8,10-14H2,1-4H3/t15-,16+,17-/m0/s1. The molecular weight excluding hydrogens is 280 g/mol. The number of fused-ring (bicyclic) bond motifs is 1. The maximum Gasteiger partial charge on any atom is 0.147 e. The van der Waals surface area contributed by atoms with Gasteiger partial charge in [-0.25, -0.2) is 0 Å². The van der Waals surface area contributed by atoms with Gasteiger partial charge in [0.25, 0.3) is 0 Å². The summed E-state index contributed by atoms with van der Waals surface area (Å²) in [6.45, 7) is 10.8. The minimum absolute atomic E-state index is 0.0542. The number of hydrogen-bond donors (Lipinski definition) is 1. The van der Waals surface area contributed by atoms with Gasteiger partial charge in [0, 0.05) is 25.5 Å². The van der Waals surface area contributed by atoms with Crippen molar-refractivity contribution in [2.75, 3.05) is 20.0 Å². The van der Waals surface area contributed by atoms with E-state index in [0.29, 0.717) is 6.79 Å². The summed E-state index contributed by atoms with van der Waals surface area (Å²) in [4.78, 5) is 0. The summed E-state index contributed by atoms with van der Waals surface area (Å²) in [5.74, 6) is 0. The normalized spacial score (nSPS) is 36.0. The molecule has 3 nitrogen and oxygen atoms in total. The molecule has 1 saturated carbocycles. The molecule has 0 radical (unpaired) electrons. The van der Waals surface area contributed by atoms with Gasteiger partial charge in [0.15, 0.2) is 0 Å². The summed E-state index contributed by atoms with van der Waals surface area (Å²) in [5.41, 5.74) is -0.0210. The Morgan fingerprint density at radius 1 is 1.29 bits per heavy atom. The Labute approximate surface area is 130 Å². The van der Waals surface area contributed by atoms with Gasteiger partial charge in [-0.05, 0) is 31.7 Å². The molecule has 3 atom stereocenters. The van der Waals surface area contributed by atoms with Gasteiger partial charge in [-0.15, -0.1) is 0 Å². The van der Waals surface area contributed by atoms with Crippen LogP contribution < -0.4 is 0 Å². The fourth-order valence-electron chi connectivity index (χ4n) is 3.84. The fraction of sp³-hybridized carbons (Fsp3) is 0.882. The van der Waals surface area contributed by atoms with Crippen LogP contribution in [0, 0.1) is 10.8 Å². The molecule has 2 aliphatic rings. The maximum absolute atomic E-state index is 9.90. The SMILES string of the molecule is C[C@]12CCC=C[C@@]1(CO)CC[C@@H]2OCOCC[Si](C)(C)C. The number of aliphatic hydroxyl groups is 1. The molecule has 2 rings (SSSR count). The first kappa shape index (κ1) is 17.2. The van der Waals surface area contributed by atoms with Crippen LogP contribution in [0.3, 0.4) is 0 Å². The number of allylic oxidation sites excluding steroid dienone is 1. The van der Waals surface area contributed by atoms with E-state index < -0.39 is 8.07 Å². The topological polar surface area (TPSA) is 38.7 Å². The summed E-state index contributed by atoms with van der Waals surface area (Å²) >= 11 is 0. The first-order chi connectivity index (χ1) is 9.83. The van der Waals surface area contributed by atoms with Crippen molar-refractivity contribution in [2.45, 2.75) is 64.4 Å². The van der Waals surface area contributed by atoms with Crippen molar-refractivity contribution < 1.29 is 14.6 Å². The van der Waals surface area contributed by atoms with Crippen molar-refractivity contribution in [3.63, 3.8) is 0 Å². The highest BCUT2D eigenvalue weighted by atomic mass is 28.3. The van der Waals surface area contributed by atoms with Crippen LogP contribution in [0.4, 0.5) is 0 Å². The quantitative estimate of drug-likeness (QED) is 0.336. The zero-order valence-corrected chi connectivity index (χ0v) is 15.2. The fourth-order valence-corrected chi connectivity index (χ4v) is 4.59. The molecule has 0 aromatic heterocycles. The smallest absolute Gasteiger partial charge is 0.147 e. The second-order valence-electron chi connectivity index (χ2n) is 8.20. The van der Waals surface area contributed by atoms with E-state index in [1.165, 1.54) is 6.04 Å². The molecule has 0 amide bonds. The van der Waals surface area contributed by atoms with Crippen LogP contribution in [0.15, 0.2) is 12.2 Å². The Hall–Kier alpha value is -0.163. The molecule has 2 aliphatic carbocycles. The average molecular weight is 313 g/mol. The van der Waals surface area contributed by atoms with Gasteiger partial charge < -0.3 is 14.6 Å². The van der Waals surface area contributed by atoms with Crippen LogP contribution in [0.25, 0.3) is 0 Å². The van der Waals surface area contributed by atoms with E-state index in [0.717, 1.165) is 32.3 Å². The molecule has 0 bridgehead atoms. The van der Waals surface area contributed by atoms with Crippen molar-refractivity contribution in [2.24, 2.45) is 10.8 Å². The molecule has 0 saturated heterocycles. The van der Waals surface area contributed by atoms with E-state index in [4.69, 9.17) is 9.47 Å². The highest BCUT2D eigenvalue weighted by Gasteiger charge is 2.56. The first-order valence-corrected chi connectivity index (χ1v) is 12.0. The minimum atomic E-state index is -1.02. The summed E-state index contributed by atoms with van der Waals surface area (Å²) in [6, 6.07) is 1.18. The van der Waals surface area contributed by atoms with Crippen molar-refractivity contribution in [3.05, 3.63) is 12.2 Å². The van der Waals surface area contributed by atoms with E-state index in [1.807, 2.05) is 0 Å². The summed E-state index contributed by atoms with van der Waals surface area (Å²) in [6.07, 6.45) is 8.92. The van der Waals surface area contributed by atoms with E-state index in [1.54, 1.807) is 0 Å². The predicted octanol–water partition coefficient (Wildman–Crippen LogP) is 3.81. The van der Waals surface area contributed by atoms with Crippen LogP contribution >= 0.6 is 0 Å². The largest absolute Gasteiger partial charge is 0.395 e. The lowest BCUT2D eigenvalue weighted by Crippen LogP contribution is -2.45. The first-order valence-electron chi connectivity index (χ1n) is 8.31. The Morgan fingerprint density at radius 2 is 2.05 bits per heavy atom. The molecule has 21 heavy (non-hydrogen) atoms. The molecule has 0 aromatic rings. The highest BCUT2D eigenvalue weighted by molar-refractivity contribution is 6.76. The van der Waals surface area contributed by atoms with E-state index >= 15 is 0 Å². The second kappa shape index (κ2) is 6.53. The molecule has 1 fully saturated rings. The van der Waals surface area contributed by atoms with Crippen molar-refractivity contribution in [1.82, 2.24) is 0 Å². The van der Waals surface area contributed by atoms with Crippen LogP contribution in [-0.4, -0.2) is 39.3 Å². The summed E-state index contributed by atoms with van der Waals surface area (Å²) < 4.78 is 11.8. The lowest BCUT2D eigenvalue weighted by Gasteiger charge is -2.46. The van der Waals surface area contributed by atoms with Gasteiger partial charge in [0.2, 0.25) is 0 Å². The molecule has 4 heteroatoms. The van der Waals surface area contributed by atoms with Crippen molar-refractivity contribution in [3.8, 4) is 0 Å². The molecule has 0 heterocycles. The molecular formula is C17H32O3Si. The van der Waals surface area contributed by atoms with E-state index in [-0.39, 0.29) is 23.5 Å². The van der Waals surface area contributed by atoms with Gasteiger partial charge in [0.1, 0.15) is 6.79 Å². The molecule has 0 aliphatic heterocycles. The van der Waals surface area contributed by atoms with Crippen LogP contribution in [-0.2, 0) is 9.47 Å². The van der Waals surface area contributed by atoms with E-state index in [2.05, 4.69) is 38.7 Å². The van der Waals surface area contributed by atoms with Crippen LogP contribution in [0.1, 0.15) is 32.6 Å². The number of hydrogen-bond acceptors (Lipinski definition) is 3. The van der Waals surface area contributed by atoms with Crippen LogP contribution in [0.2, 0.25) is 25.7 Å². The van der Waals surface area contributed by atoms with Gasteiger partial charge in [-0.3, -0.25) is 0 Å². The lowest BCUT2D eigenvalue weighted by atomic mass is 9.61. The lowest BCUT2D eigenvalue weighted by molar-refractivity contribution is -0.134. The summed E-state index contributed by atoms with van der Waals surface area (Å²) in [7, 11) is -1.02. The zero-order chi connectivity index (χ0) is 15.6. The van der Waals surface area contributed by atoms with Gasteiger partial charge in [0.05, 0.1) is 12.7 Å². The Balaban J connectivity index is 1.84.